The first kappa shape index (κ1) is 10.7. The van der Waals surface area contributed by atoms with Crippen LogP contribution in [0.2, 0.25) is 0 Å². The van der Waals surface area contributed by atoms with E-state index in [1.54, 1.807) is 6.07 Å². The fourth-order valence-corrected chi connectivity index (χ4v) is 2.12. The molecule has 0 saturated carbocycles. The summed E-state index contributed by atoms with van der Waals surface area (Å²) in [6.07, 6.45) is 2.24. The molecule has 18 heavy (non-hydrogen) atoms. The van der Waals surface area contributed by atoms with Crippen molar-refractivity contribution < 1.29 is 0 Å². The van der Waals surface area contributed by atoms with Crippen LogP contribution in [0.5, 0.6) is 0 Å². The normalized spacial score (nSPS) is 10.7. The number of aromatic amines is 1. The van der Waals surface area contributed by atoms with Gasteiger partial charge in [0.25, 0.3) is 5.56 Å². The van der Waals surface area contributed by atoms with Gasteiger partial charge in [0, 0.05) is 0 Å². The molecule has 0 atom stereocenters. The molecule has 3 rings (SSSR count). The van der Waals surface area contributed by atoms with E-state index in [1.165, 1.54) is 11.9 Å². The number of aromatic nitrogens is 2. The first-order valence-electron chi connectivity index (χ1n) is 5.84. The Morgan fingerprint density at radius 2 is 1.83 bits per heavy atom. The number of fused-ring (bicyclic) bond motifs is 1. The number of benzene rings is 2. The van der Waals surface area contributed by atoms with E-state index in [0.717, 1.165) is 17.5 Å². The maximum atomic E-state index is 11.7. The summed E-state index contributed by atoms with van der Waals surface area (Å²) in [6, 6.07) is 15.9. The Bertz CT molecular complexity index is 732. The van der Waals surface area contributed by atoms with Gasteiger partial charge in [-0.1, -0.05) is 42.5 Å². The van der Waals surface area contributed by atoms with E-state index in [4.69, 9.17) is 0 Å². The van der Waals surface area contributed by atoms with Crippen molar-refractivity contribution in [1.29, 1.82) is 0 Å². The fourth-order valence-electron chi connectivity index (χ4n) is 2.12. The van der Waals surface area contributed by atoms with Crippen molar-refractivity contribution >= 4 is 10.9 Å². The van der Waals surface area contributed by atoms with Gasteiger partial charge in [-0.05, 0) is 23.6 Å². The van der Waals surface area contributed by atoms with E-state index < -0.39 is 0 Å². The maximum absolute atomic E-state index is 11.7. The summed E-state index contributed by atoms with van der Waals surface area (Å²) >= 11 is 0. The van der Waals surface area contributed by atoms with Gasteiger partial charge in [-0.2, -0.15) is 0 Å². The second-order valence-electron chi connectivity index (χ2n) is 4.21. The third-order valence-corrected chi connectivity index (χ3v) is 2.99. The Balaban J connectivity index is 2.13. The minimum atomic E-state index is -0.0880. The van der Waals surface area contributed by atoms with E-state index in [1.807, 2.05) is 30.3 Å². The zero-order valence-electron chi connectivity index (χ0n) is 9.76. The van der Waals surface area contributed by atoms with Crippen LogP contribution in [0.15, 0.2) is 59.7 Å². The molecule has 0 aliphatic rings. The molecular formula is C15H12N2O. The number of nitrogens with zero attached hydrogens (tertiary/aromatic N) is 1. The van der Waals surface area contributed by atoms with Crippen LogP contribution < -0.4 is 5.56 Å². The van der Waals surface area contributed by atoms with Crippen molar-refractivity contribution in [2.24, 2.45) is 0 Å². The quantitative estimate of drug-likeness (QED) is 0.743. The summed E-state index contributed by atoms with van der Waals surface area (Å²) in [4.78, 5) is 18.6. The topological polar surface area (TPSA) is 45.8 Å². The van der Waals surface area contributed by atoms with Crippen LogP contribution in [0.4, 0.5) is 0 Å². The standard InChI is InChI=1S/C15H12N2O/c18-15-13-8-4-7-12(14(13)16-10-17-15)9-11-5-2-1-3-6-11/h1-8,10H,9H2,(H,16,17,18). The van der Waals surface area contributed by atoms with Crippen LogP contribution in [0, 0.1) is 0 Å². The van der Waals surface area contributed by atoms with Crippen LogP contribution in [0.25, 0.3) is 10.9 Å². The largest absolute Gasteiger partial charge is 0.313 e. The second-order valence-corrected chi connectivity index (χ2v) is 4.21. The number of nitrogens with one attached hydrogen (secondary N) is 1. The molecule has 1 N–H and O–H groups in total. The van der Waals surface area contributed by atoms with Gasteiger partial charge in [-0.3, -0.25) is 4.79 Å². The average molecular weight is 236 g/mol. The Morgan fingerprint density at radius 3 is 2.67 bits per heavy atom. The molecule has 0 spiro atoms. The zero-order valence-corrected chi connectivity index (χ0v) is 9.76. The van der Waals surface area contributed by atoms with Crippen LogP contribution in [-0.4, -0.2) is 9.97 Å². The highest BCUT2D eigenvalue weighted by atomic mass is 16.1. The molecule has 0 saturated heterocycles. The zero-order chi connectivity index (χ0) is 12.4. The van der Waals surface area contributed by atoms with Crippen molar-refractivity contribution in [3.05, 3.63) is 76.3 Å². The molecule has 1 heterocycles. The molecule has 3 aromatic rings. The molecule has 0 radical (unpaired) electrons. The van der Waals surface area contributed by atoms with Gasteiger partial charge in [-0.25, -0.2) is 4.98 Å². The minimum absolute atomic E-state index is 0.0880. The van der Waals surface area contributed by atoms with Gasteiger partial charge < -0.3 is 4.98 Å². The molecule has 3 heteroatoms. The molecule has 0 unspecified atom stereocenters. The van der Waals surface area contributed by atoms with Crippen LogP contribution in [0.1, 0.15) is 11.1 Å². The molecule has 0 fully saturated rings. The lowest BCUT2D eigenvalue weighted by Gasteiger charge is -2.05. The van der Waals surface area contributed by atoms with E-state index in [9.17, 15) is 4.79 Å². The highest BCUT2D eigenvalue weighted by Crippen LogP contribution is 2.16. The molecule has 0 aliphatic carbocycles. The summed E-state index contributed by atoms with van der Waals surface area (Å²) in [5.74, 6) is 0. The lowest BCUT2D eigenvalue weighted by molar-refractivity contribution is 1.14. The summed E-state index contributed by atoms with van der Waals surface area (Å²) in [5, 5.41) is 0.644. The number of hydrogen-bond donors (Lipinski definition) is 1. The predicted molar refractivity (Wildman–Crippen MR) is 71.6 cm³/mol. The van der Waals surface area contributed by atoms with E-state index in [-0.39, 0.29) is 5.56 Å². The van der Waals surface area contributed by atoms with Crippen molar-refractivity contribution in [3.8, 4) is 0 Å². The molecule has 1 aromatic heterocycles. The third-order valence-electron chi connectivity index (χ3n) is 2.99. The molecule has 2 aromatic carbocycles. The summed E-state index contributed by atoms with van der Waals surface area (Å²) in [5.41, 5.74) is 2.98. The monoisotopic (exact) mass is 236 g/mol. The van der Waals surface area contributed by atoms with Gasteiger partial charge in [0.2, 0.25) is 0 Å². The summed E-state index contributed by atoms with van der Waals surface area (Å²) < 4.78 is 0. The Kier molecular flexibility index (Phi) is 2.65. The Hall–Kier alpha value is -2.42. The van der Waals surface area contributed by atoms with Gasteiger partial charge in [-0.15, -0.1) is 0 Å². The van der Waals surface area contributed by atoms with Crippen LogP contribution in [-0.2, 0) is 6.42 Å². The summed E-state index contributed by atoms with van der Waals surface area (Å²) in [7, 11) is 0. The molecule has 0 amide bonds. The van der Waals surface area contributed by atoms with Crippen molar-refractivity contribution in [1.82, 2.24) is 9.97 Å². The lowest BCUT2D eigenvalue weighted by atomic mass is 10.0. The van der Waals surface area contributed by atoms with Crippen LogP contribution in [0.3, 0.4) is 0 Å². The smallest absolute Gasteiger partial charge is 0.258 e. The molecular weight excluding hydrogens is 224 g/mol. The Morgan fingerprint density at radius 1 is 1.00 bits per heavy atom. The first-order valence-corrected chi connectivity index (χ1v) is 5.84. The third kappa shape index (κ3) is 1.91. The Labute approximate surface area is 104 Å². The highest BCUT2D eigenvalue weighted by Gasteiger charge is 2.05. The van der Waals surface area contributed by atoms with Gasteiger partial charge >= 0.3 is 0 Å². The SMILES string of the molecule is O=c1[nH]cnc2c(Cc3ccccc3)cccc12. The lowest BCUT2D eigenvalue weighted by Crippen LogP contribution is -2.07. The number of para-hydroxylation sites is 1. The van der Waals surface area contributed by atoms with Gasteiger partial charge in [0.15, 0.2) is 0 Å². The van der Waals surface area contributed by atoms with E-state index >= 15 is 0 Å². The van der Waals surface area contributed by atoms with E-state index in [0.29, 0.717) is 5.39 Å². The minimum Gasteiger partial charge on any atom is -0.313 e. The predicted octanol–water partition coefficient (Wildman–Crippen LogP) is 2.51. The molecule has 3 nitrogen and oxygen atoms in total. The molecule has 0 aliphatic heterocycles. The van der Waals surface area contributed by atoms with Gasteiger partial charge in [0.1, 0.15) is 0 Å². The van der Waals surface area contributed by atoms with E-state index in [2.05, 4.69) is 22.1 Å². The molecule has 88 valence electrons. The van der Waals surface area contributed by atoms with Crippen molar-refractivity contribution in [2.45, 2.75) is 6.42 Å². The average Bonchev–Trinajstić information content (AvgIpc) is 2.41. The highest BCUT2D eigenvalue weighted by molar-refractivity contribution is 5.80. The number of hydrogen-bond acceptors (Lipinski definition) is 2. The van der Waals surface area contributed by atoms with Gasteiger partial charge in [0.05, 0.1) is 17.2 Å². The maximum Gasteiger partial charge on any atom is 0.258 e. The number of H-pyrrole nitrogens is 1. The fraction of sp³-hybridized carbons (Fsp3) is 0.0667. The number of rotatable bonds is 2. The second kappa shape index (κ2) is 4.45. The first-order chi connectivity index (χ1) is 8.84. The van der Waals surface area contributed by atoms with Crippen molar-refractivity contribution in [3.63, 3.8) is 0 Å². The van der Waals surface area contributed by atoms with Crippen LogP contribution >= 0.6 is 0 Å². The molecule has 0 bridgehead atoms. The summed E-state index contributed by atoms with van der Waals surface area (Å²) in [6.45, 7) is 0. The van der Waals surface area contributed by atoms with Crippen molar-refractivity contribution in [2.75, 3.05) is 0 Å².